The normalized spacial score (nSPS) is 10.9. The Morgan fingerprint density at radius 2 is 2.09 bits per heavy atom. The quantitative estimate of drug-likeness (QED) is 0.389. The van der Waals surface area contributed by atoms with E-state index in [1.807, 2.05) is 0 Å². The summed E-state index contributed by atoms with van der Waals surface area (Å²) < 4.78 is 4.60. The zero-order valence-corrected chi connectivity index (χ0v) is 8.18. The molecule has 0 aliphatic rings. The molecule has 11 heavy (non-hydrogen) atoms. The average molecular weight is 177 g/mol. The summed E-state index contributed by atoms with van der Waals surface area (Å²) in [6.45, 7) is 6.95. The van der Waals surface area contributed by atoms with E-state index in [1.54, 1.807) is 0 Å². The first-order valence-corrected chi connectivity index (χ1v) is 7.23. The Bertz CT molecular complexity index is 132. The number of carbonyl (C=O) groups excluding carboxylic acids is 1. The Morgan fingerprint density at radius 3 is 2.45 bits per heavy atom. The van der Waals surface area contributed by atoms with Crippen LogP contribution in [0.5, 0.6) is 0 Å². The Balaban J connectivity index is 3.35. The standard InChI is InChI=1S/C6H15NO3Si/c1-11(2,3)5-4-10-6(8)7-9/h9H,4-5H2,1-3H3,(H,7,8). The van der Waals surface area contributed by atoms with Gasteiger partial charge in [-0.3, -0.25) is 5.21 Å². The molecular weight excluding hydrogens is 162 g/mol. The molecule has 0 atom stereocenters. The van der Waals surface area contributed by atoms with Crippen molar-refractivity contribution in [2.45, 2.75) is 25.7 Å². The molecule has 0 aliphatic heterocycles. The van der Waals surface area contributed by atoms with Gasteiger partial charge in [0.2, 0.25) is 0 Å². The van der Waals surface area contributed by atoms with Gasteiger partial charge in [0.15, 0.2) is 0 Å². The number of nitrogens with one attached hydrogen (secondary N) is 1. The fourth-order valence-electron chi connectivity index (χ4n) is 0.482. The van der Waals surface area contributed by atoms with Crippen molar-refractivity contribution in [3.63, 3.8) is 0 Å². The number of amides is 1. The Labute approximate surface area is 67.5 Å². The van der Waals surface area contributed by atoms with E-state index in [0.29, 0.717) is 6.61 Å². The average Bonchev–Trinajstić information content (AvgIpc) is 1.85. The van der Waals surface area contributed by atoms with Gasteiger partial charge in [-0.15, -0.1) is 0 Å². The molecular formula is C6H15NO3Si. The minimum absolute atomic E-state index is 0.391. The Morgan fingerprint density at radius 1 is 1.55 bits per heavy atom. The molecule has 4 nitrogen and oxygen atoms in total. The van der Waals surface area contributed by atoms with Gasteiger partial charge in [-0.1, -0.05) is 19.6 Å². The smallest absolute Gasteiger partial charge is 0.431 e. The van der Waals surface area contributed by atoms with Gasteiger partial charge < -0.3 is 4.74 Å². The highest BCUT2D eigenvalue weighted by atomic mass is 28.3. The fraction of sp³-hybridized carbons (Fsp3) is 0.833. The van der Waals surface area contributed by atoms with Gasteiger partial charge in [0, 0.05) is 8.07 Å². The van der Waals surface area contributed by atoms with Crippen LogP contribution in [0.4, 0.5) is 4.79 Å². The number of carbonyl (C=O) groups is 1. The molecule has 0 aliphatic carbocycles. The van der Waals surface area contributed by atoms with Gasteiger partial charge in [0.25, 0.3) is 0 Å². The van der Waals surface area contributed by atoms with E-state index in [0.717, 1.165) is 6.04 Å². The molecule has 66 valence electrons. The second kappa shape index (κ2) is 4.35. The Hall–Kier alpha value is -0.553. The van der Waals surface area contributed by atoms with Crippen LogP contribution in [0.2, 0.25) is 25.7 Å². The van der Waals surface area contributed by atoms with Gasteiger partial charge in [0.1, 0.15) is 0 Å². The number of rotatable bonds is 3. The van der Waals surface area contributed by atoms with Crippen molar-refractivity contribution in [2.75, 3.05) is 6.61 Å². The summed E-state index contributed by atoms with van der Waals surface area (Å²) >= 11 is 0. The molecule has 0 aromatic rings. The van der Waals surface area contributed by atoms with E-state index in [1.165, 1.54) is 5.48 Å². The second-order valence-electron chi connectivity index (χ2n) is 3.56. The lowest BCUT2D eigenvalue weighted by Gasteiger charge is -2.14. The van der Waals surface area contributed by atoms with Gasteiger partial charge >= 0.3 is 6.09 Å². The topological polar surface area (TPSA) is 58.6 Å². The third kappa shape index (κ3) is 7.34. The van der Waals surface area contributed by atoms with Crippen LogP contribution in [0.25, 0.3) is 0 Å². The fourth-order valence-corrected chi connectivity index (χ4v) is 1.20. The van der Waals surface area contributed by atoms with Crippen LogP contribution in [0.3, 0.4) is 0 Å². The third-order valence-corrected chi connectivity index (χ3v) is 2.88. The van der Waals surface area contributed by atoms with Crippen molar-refractivity contribution in [3.8, 4) is 0 Å². The third-order valence-electron chi connectivity index (χ3n) is 1.18. The first kappa shape index (κ1) is 10.4. The molecule has 0 rings (SSSR count). The van der Waals surface area contributed by atoms with Crippen molar-refractivity contribution in [3.05, 3.63) is 0 Å². The van der Waals surface area contributed by atoms with E-state index in [-0.39, 0.29) is 0 Å². The van der Waals surface area contributed by atoms with Crippen molar-refractivity contribution >= 4 is 14.2 Å². The first-order valence-electron chi connectivity index (χ1n) is 3.52. The molecule has 0 saturated carbocycles. The van der Waals surface area contributed by atoms with Gasteiger partial charge in [-0.05, 0) is 6.04 Å². The molecule has 0 fully saturated rings. The van der Waals surface area contributed by atoms with E-state index < -0.39 is 14.2 Å². The van der Waals surface area contributed by atoms with Crippen molar-refractivity contribution in [1.82, 2.24) is 5.48 Å². The van der Waals surface area contributed by atoms with E-state index in [2.05, 4.69) is 24.4 Å². The summed E-state index contributed by atoms with van der Waals surface area (Å²) in [5.74, 6) is 0. The molecule has 0 radical (unpaired) electrons. The van der Waals surface area contributed by atoms with Crippen molar-refractivity contribution in [1.29, 1.82) is 0 Å². The first-order chi connectivity index (χ1) is 4.95. The van der Waals surface area contributed by atoms with Crippen LogP contribution < -0.4 is 5.48 Å². The molecule has 0 unspecified atom stereocenters. The summed E-state index contributed by atoms with van der Waals surface area (Å²) in [4.78, 5) is 10.3. The van der Waals surface area contributed by atoms with Crippen LogP contribution in [0.1, 0.15) is 0 Å². The van der Waals surface area contributed by atoms with Gasteiger partial charge in [0.05, 0.1) is 6.61 Å². The maximum Gasteiger partial charge on any atom is 0.431 e. The maximum absolute atomic E-state index is 10.3. The van der Waals surface area contributed by atoms with Crippen LogP contribution >= 0.6 is 0 Å². The summed E-state index contributed by atoms with van der Waals surface area (Å²) in [5, 5.41) is 8.05. The number of hydrogen-bond acceptors (Lipinski definition) is 3. The summed E-state index contributed by atoms with van der Waals surface area (Å²) in [7, 11) is -1.12. The minimum atomic E-state index is -1.12. The SMILES string of the molecule is C[Si](C)(C)CCOC(=O)NO. The van der Waals surface area contributed by atoms with Gasteiger partial charge in [-0.25, -0.2) is 10.3 Å². The monoisotopic (exact) mass is 177 g/mol. The zero-order valence-electron chi connectivity index (χ0n) is 7.18. The highest BCUT2D eigenvalue weighted by molar-refractivity contribution is 6.76. The predicted molar refractivity (Wildman–Crippen MR) is 44.4 cm³/mol. The number of ether oxygens (including phenoxy) is 1. The molecule has 0 spiro atoms. The molecule has 0 aromatic heterocycles. The summed E-state index contributed by atoms with van der Waals surface area (Å²) in [5.41, 5.74) is 1.41. The largest absolute Gasteiger partial charge is 0.448 e. The highest BCUT2D eigenvalue weighted by Crippen LogP contribution is 2.07. The van der Waals surface area contributed by atoms with Crippen LogP contribution in [-0.2, 0) is 4.74 Å². The van der Waals surface area contributed by atoms with E-state index >= 15 is 0 Å². The minimum Gasteiger partial charge on any atom is -0.448 e. The molecule has 1 amide bonds. The molecule has 0 saturated heterocycles. The summed E-state index contributed by atoms with van der Waals surface area (Å²) in [6.07, 6.45) is -0.775. The van der Waals surface area contributed by atoms with Gasteiger partial charge in [-0.2, -0.15) is 0 Å². The predicted octanol–water partition coefficient (Wildman–Crippen LogP) is 1.44. The summed E-state index contributed by atoms with van der Waals surface area (Å²) in [6, 6.07) is 0.917. The lowest BCUT2D eigenvalue weighted by atomic mass is 10.8. The van der Waals surface area contributed by atoms with Crippen LogP contribution in [0.15, 0.2) is 0 Å². The van der Waals surface area contributed by atoms with Crippen molar-refractivity contribution < 1.29 is 14.7 Å². The number of hydrogen-bond donors (Lipinski definition) is 2. The molecule has 2 N–H and O–H groups in total. The second-order valence-corrected chi connectivity index (χ2v) is 9.18. The van der Waals surface area contributed by atoms with E-state index in [4.69, 9.17) is 5.21 Å². The van der Waals surface area contributed by atoms with Crippen LogP contribution in [0, 0.1) is 0 Å². The molecule has 0 aromatic carbocycles. The highest BCUT2D eigenvalue weighted by Gasteiger charge is 2.13. The van der Waals surface area contributed by atoms with Crippen molar-refractivity contribution in [2.24, 2.45) is 0 Å². The number of hydroxylamine groups is 1. The lowest BCUT2D eigenvalue weighted by molar-refractivity contribution is 0.0927. The molecule has 0 bridgehead atoms. The zero-order chi connectivity index (χ0) is 8.91. The maximum atomic E-state index is 10.3. The van der Waals surface area contributed by atoms with Crippen LogP contribution in [-0.4, -0.2) is 26.0 Å². The lowest BCUT2D eigenvalue weighted by Crippen LogP contribution is -2.26. The molecule has 5 heteroatoms. The molecule has 0 heterocycles. The van der Waals surface area contributed by atoms with E-state index in [9.17, 15) is 4.79 Å². The Kier molecular flexibility index (Phi) is 4.13.